The van der Waals surface area contributed by atoms with E-state index >= 15 is 0 Å². The highest BCUT2D eigenvalue weighted by Gasteiger charge is 2.10. The standard InChI is InChI=1S/C11H10N2O2.C11H11NO2/c1-12-7-6-10-9(5-8-13(14)15)3-2-4-11(10)12;1-12-7-6-8-9(11(13)14-2)4-3-5-10(8)12/h2-8H,1H3;3-7H,1-2H3/b8-5+;. The van der Waals surface area contributed by atoms with Crippen LogP contribution in [-0.4, -0.2) is 27.1 Å². The van der Waals surface area contributed by atoms with Crippen LogP contribution < -0.4 is 0 Å². The van der Waals surface area contributed by atoms with Gasteiger partial charge in [0.2, 0.25) is 6.20 Å². The molecule has 0 aliphatic heterocycles. The number of esters is 1. The van der Waals surface area contributed by atoms with Crippen molar-refractivity contribution in [3.05, 3.63) is 88.4 Å². The van der Waals surface area contributed by atoms with E-state index in [1.807, 2.05) is 78.1 Å². The third-order valence-electron chi connectivity index (χ3n) is 4.67. The molecule has 0 fully saturated rings. The van der Waals surface area contributed by atoms with Crippen LogP contribution in [0.1, 0.15) is 15.9 Å². The molecule has 0 saturated heterocycles. The average Bonchev–Trinajstić information content (AvgIpc) is 3.30. The summed E-state index contributed by atoms with van der Waals surface area (Å²) in [5, 5.41) is 12.2. The van der Waals surface area contributed by atoms with Gasteiger partial charge in [-0.15, -0.1) is 0 Å². The first-order valence-electron chi connectivity index (χ1n) is 8.90. The van der Waals surface area contributed by atoms with Crippen molar-refractivity contribution >= 4 is 33.9 Å². The Balaban J connectivity index is 0.000000166. The number of nitro groups is 1. The van der Waals surface area contributed by atoms with Gasteiger partial charge in [0.05, 0.1) is 17.6 Å². The molecule has 2 aromatic carbocycles. The van der Waals surface area contributed by atoms with Crippen molar-refractivity contribution in [1.29, 1.82) is 0 Å². The van der Waals surface area contributed by atoms with Crippen molar-refractivity contribution in [3.8, 4) is 0 Å². The topological polar surface area (TPSA) is 79.3 Å². The second-order valence-electron chi connectivity index (χ2n) is 6.46. The van der Waals surface area contributed by atoms with E-state index in [4.69, 9.17) is 4.74 Å². The molecule has 0 spiro atoms. The zero-order chi connectivity index (χ0) is 21.0. The van der Waals surface area contributed by atoms with E-state index < -0.39 is 4.92 Å². The third-order valence-corrected chi connectivity index (χ3v) is 4.67. The lowest BCUT2D eigenvalue weighted by molar-refractivity contribution is -0.400. The molecular weight excluding hydrogens is 370 g/mol. The van der Waals surface area contributed by atoms with Crippen molar-refractivity contribution in [1.82, 2.24) is 9.13 Å². The maximum atomic E-state index is 11.4. The number of methoxy groups -OCH3 is 1. The Bertz CT molecular complexity index is 1220. The summed E-state index contributed by atoms with van der Waals surface area (Å²) in [7, 11) is 5.29. The summed E-state index contributed by atoms with van der Waals surface area (Å²) in [6.45, 7) is 0. The normalized spacial score (nSPS) is 10.9. The average molecular weight is 391 g/mol. The molecular formula is C22H21N3O4. The molecule has 0 unspecified atom stereocenters. The van der Waals surface area contributed by atoms with Crippen LogP contribution in [0.5, 0.6) is 0 Å². The Morgan fingerprint density at radius 1 is 0.966 bits per heavy atom. The minimum Gasteiger partial charge on any atom is -0.465 e. The SMILES string of the molecule is COC(=O)c1cccc2c1ccn2C.Cn1ccc2c(/C=C/[N+](=O)[O-])cccc21. The van der Waals surface area contributed by atoms with E-state index in [1.54, 1.807) is 6.07 Å². The highest BCUT2D eigenvalue weighted by Crippen LogP contribution is 2.21. The van der Waals surface area contributed by atoms with E-state index in [0.717, 1.165) is 33.6 Å². The van der Waals surface area contributed by atoms with E-state index in [2.05, 4.69) is 0 Å². The van der Waals surface area contributed by atoms with Crippen LogP contribution in [0.25, 0.3) is 27.9 Å². The number of benzene rings is 2. The Hall–Kier alpha value is -3.87. The molecule has 0 bridgehead atoms. The van der Waals surface area contributed by atoms with Crippen LogP contribution in [0.3, 0.4) is 0 Å². The van der Waals surface area contributed by atoms with Crippen LogP contribution in [-0.2, 0) is 18.8 Å². The van der Waals surface area contributed by atoms with Gasteiger partial charge in [-0.05, 0) is 35.9 Å². The highest BCUT2D eigenvalue weighted by atomic mass is 16.6. The molecule has 0 aliphatic carbocycles. The number of aromatic nitrogens is 2. The molecule has 4 rings (SSSR count). The number of carbonyl (C=O) groups excluding carboxylic acids is 1. The van der Waals surface area contributed by atoms with Crippen LogP contribution in [0, 0.1) is 10.1 Å². The number of ether oxygens (including phenoxy) is 1. The van der Waals surface area contributed by atoms with Crippen LogP contribution in [0.2, 0.25) is 0 Å². The van der Waals surface area contributed by atoms with Gasteiger partial charge in [0, 0.05) is 54.4 Å². The molecule has 2 heterocycles. The van der Waals surface area contributed by atoms with Gasteiger partial charge >= 0.3 is 5.97 Å². The molecule has 0 amide bonds. The minimum absolute atomic E-state index is 0.290. The van der Waals surface area contributed by atoms with Gasteiger partial charge in [0.25, 0.3) is 0 Å². The lowest BCUT2D eigenvalue weighted by atomic mass is 10.1. The second-order valence-corrected chi connectivity index (χ2v) is 6.46. The minimum atomic E-state index is -0.457. The summed E-state index contributed by atoms with van der Waals surface area (Å²) in [4.78, 5) is 21.2. The first-order valence-corrected chi connectivity index (χ1v) is 8.90. The lowest BCUT2D eigenvalue weighted by Gasteiger charge is -2.01. The van der Waals surface area contributed by atoms with Crippen LogP contribution in [0.4, 0.5) is 0 Å². The maximum absolute atomic E-state index is 11.4. The zero-order valence-electron chi connectivity index (χ0n) is 16.4. The Morgan fingerprint density at radius 2 is 1.55 bits per heavy atom. The Kier molecular flexibility index (Phi) is 5.78. The number of hydrogen-bond donors (Lipinski definition) is 0. The van der Waals surface area contributed by atoms with Crippen molar-refractivity contribution in [2.75, 3.05) is 7.11 Å². The highest BCUT2D eigenvalue weighted by molar-refractivity contribution is 6.03. The fourth-order valence-electron chi connectivity index (χ4n) is 3.20. The van der Waals surface area contributed by atoms with Gasteiger partial charge in [-0.2, -0.15) is 0 Å². The van der Waals surface area contributed by atoms with Gasteiger partial charge in [-0.3, -0.25) is 10.1 Å². The van der Waals surface area contributed by atoms with Crippen LogP contribution >= 0.6 is 0 Å². The summed E-state index contributed by atoms with van der Waals surface area (Å²) >= 11 is 0. The molecule has 0 aliphatic rings. The van der Waals surface area contributed by atoms with E-state index in [-0.39, 0.29) is 5.97 Å². The predicted molar refractivity (Wildman–Crippen MR) is 113 cm³/mol. The quantitative estimate of drug-likeness (QED) is 0.295. The smallest absolute Gasteiger partial charge is 0.338 e. The second kappa shape index (κ2) is 8.43. The van der Waals surface area contributed by atoms with Gasteiger partial charge in [-0.1, -0.05) is 18.2 Å². The van der Waals surface area contributed by atoms with E-state index in [1.165, 1.54) is 13.2 Å². The fourth-order valence-corrected chi connectivity index (χ4v) is 3.20. The van der Waals surface area contributed by atoms with Crippen molar-refractivity contribution < 1.29 is 14.5 Å². The molecule has 7 nitrogen and oxygen atoms in total. The molecule has 7 heteroatoms. The van der Waals surface area contributed by atoms with E-state index in [0.29, 0.717) is 5.56 Å². The monoisotopic (exact) mass is 391 g/mol. The van der Waals surface area contributed by atoms with Gasteiger partial charge in [0.1, 0.15) is 0 Å². The molecule has 148 valence electrons. The zero-order valence-corrected chi connectivity index (χ0v) is 16.4. The van der Waals surface area contributed by atoms with Gasteiger partial charge in [-0.25, -0.2) is 4.79 Å². The molecule has 0 N–H and O–H groups in total. The van der Waals surface area contributed by atoms with Gasteiger partial charge < -0.3 is 13.9 Å². The summed E-state index contributed by atoms with van der Waals surface area (Å²) < 4.78 is 8.66. The number of aryl methyl sites for hydroxylation is 2. The molecule has 2 aromatic heterocycles. The van der Waals surface area contributed by atoms with Crippen molar-refractivity contribution in [2.24, 2.45) is 14.1 Å². The number of hydrogen-bond acceptors (Lipinski definition) is 4. The number of rotatable bonds is 3. The van der Waals surface area contributed by atoms with Crippen LogP contribution in [0.15, 0.2) is 67.1 Å². The summed E-state index contributed by atoms with van der Waals surface area (Å²) in [5.74, 6) is -0.290. The first kappa shape index (κ1) is 19.9. The molecule has 4 aromatic rings. The number of fused-ring (bicyclic) bond motifs is 2. The largest absolute Gasteiger partial charge is 0.465 e. The molecule has 0 atom stereocenters. The Labute approximate surface area is 167 Å². The van der Waals surface area contributed by atoms with Crippen molar-refractivity contribution in [2.45, 2.75) is 0 Å². The lowest BCUT2D eigenvalue weighted by Crippen LogP contribution is -2.01. The molecule has 29 heavy (non-hydrogen) atoms. The third kappa shape index (κ3) is 4.19. The van der Waals surface area contributed by atoms with Gasteiger partial charge in [0.15, 0.2) is 0 Å². The first-order chi connectivity index (χ1) is 13.9. The maximum Gasteiger partial charge on any atom is 0.338 e. The number of nitrogens with zero attached hydrogens (tertiary/aromatic N) is 3. The number of carbonyl (C=O) groups is 1. The van der Waals surface area contributed by atoms with Crippen molar-refractivity contribution in [3.63, 3.8) is 0 Å². The van der Waals surface area contributed by atoms with E-state index in [9.17, 15) is 14.9 Å². The fraction of sp³-hybridized carbons (Fsp3) is 0.136. The Morgan fingerprint density at radius 3 is 2.17 bits per heavy atom. The molecule has 0 saturated carbocycles. The molecule has 0 radical (unpaired) electrons. The summed E-state index contributed by atoms with van der Waals surface area (Å²) in [6.07, 6.45) is 6.34. The summed E-state index contributed by atoms with van der Waals surface area (Å²) in [6, 6.07) is 15.2. The summed E-state index contributed by atoms with van der Waals surface area (Å²) in [5.41, 5.74) is 3.59. The predicted octanol–water partition coefficient (Wildman–Crippen LogP) is 4.39.